The van der Waals surface area contributed by atoms with Crippen LogP contribution in [-0.4, -0.2) is 58.5 Å². The summed E-state index contributed by atoms with van der Waals surface area (Å²) in [6.45, 7) is 0. The van der Waals surface area contributed by atoms with Gasteiger partial charge in [-0.25, -0.2) is 4.79 Å². The molecule has 1 aliphatic rings. The van der Waals surface area contributed by atoms with E-state index in [1.165, 1.54) is 23.8 Å². The second kappa shape index (κ2) is 9.29. The summed E-state index contributed by atoms with van der Waals surface area (Å²) in [6, 6.07) is 4.32. The van der Waals surface area contributed by atoms with Crippen LogP contribution in [0.25, 0.3) is 6.08 Å². The van der Waals surface area contributed by atoms with Gasteiger partial charge in [0.2, 0.25) is 0 Å². The zero-order valence-corrected chi connectivity index (χ0v) is 17.0. The van der Waals surface area contributed by atoms with Crippen molar-refractivity contribution < 1.29 is 24.2 Å². The van der Waals surface area contributed by atoms with Gasteiger partial charge in [-0.1, -0.05) is 30.0 Å². The van der Waals surface area contributed by atoms with Crippen LogP contribution in [0.5, 0.6) is 11.5 Å². The number of benzene rings is 1. The number of aliphatic carboxylic acids is 1. The molecule has 0 aromatic heterocycles. The maximum atomic E-state index is 12.7. The number of rotatable bonds is 8. The van der Waals surface area contributed by atoms with Crippen molar-refractivity contribution in [1.29, 1.82) is 0 Å². The maximum Gasteiger partial charge on any atom is 0.326 e. The minimum atomic E-state index is -1.05. The third kappa shape index (κ3) is 4.52. The van der Waals surface area contributed by atoms with Gasteiger partial charge in [0, 0.05) is 0 Å². The first-order valence-corrected chi connectivity index (χ1v) is 10.3. The summed E-state index contributed by atoms with van der Waals surface area (Å²) in [7, 11) is 3.08. The minimum Gasteiger partial charge on any atom is -0.493 e. The standard InChI is InChI=1S/C17H19NO5S3/c1-22-12-5-4-10(8-13(12)23-2)9-14-15(19)18(17(24)26-14)11(16(20)21)6-7-25-3/h4-5,8-9,11H,6-7H2,1-3H3,(H,20,21)/b14-9+/t11-/m0/s1. The molecular formula is C17H19NO5S3. The van der Waals surface area contributed by atoms with E-state index >= 15 is 0 Å². The van der Waals surface area contributed by atoms with Gasteiger partial charge < -0.3 is 14.6 Å². The number of ether oxygens (including phenoxy) is 2. The molecule has 1 heterocycles. The van der Waals surface area contributed by atoms with E-state index < -0.39 is 12.0 Å². The molecule has 1 aromatic carbocycles. The summed E-state index contributed by atoms with van der Waals surface area (Å²) >= 11 is 7.89. The van der Waals surface area contributed by atoms with Crippen molar-refractivity contribution in [2.75, 3.05) is 26.2 Å². The second-order valence-electron chi connectivity index (χ2n) is 5.30. The number of carboxylic acids is 1. The van der Waals surface area contributed by atoms with Crippen molar-refractivity contribution in [3.05, 3.63) is 28.7 Å². The normalized spacial score (nSPS) is 16.9. The summed E-state index contributed by atoms with van der Waals surface area (Å²) < 4.78 is 10.7. The first-order chi connectivity index (χ1) is 12.4. The lowest BCUT2D eigenvalue weighted by atomic mass is 10.1. The predicted octanol–water partition coefficient (Wildman–Crippen LogP) is 3.11. The number of nitrogens with zero attached hydrogens (tertiary/aromatic N) is 1. The SMILES string of the molecule is COc1ccc(/C=C2/SC(=S)N([C@@H](CCSC)C(=O)O)C2=O)cc1OC. The quantitative estimate of drug-likeness (QED) is 0.515. The van der Waals surface area contributed by atoms with Crippen LogP contribution in [0, 0.1) is 0 Å². The van der Waals surface area contributed by atoms with E-state index in [0.29, 0.717) is 28.6 Å². The fraction of sp³-hybridized carbons (Fsp3) is 0.353. The number of carbonyl (C=O) groups excluding carboxylic acids is 1. The van der Waals surface area contributed by atoms with Crippen molar-refractivity contribution in [3.8, 4) is 11.5 Å². The Morgan fingerprint density at radius 2 is 2.08 bits per heavy atom. The molecule has 1 fully saturated rings. The average Bonchev–Trinajstić information content (AvgIpc) is 2.89. The summed E-state index contributed by atoms with van der Waals surface area (Å²) in [5.74, 6) is 0.314. The highest BCUT2D eigenvalue weighted by Gasteiger charge is 2.40. The zero-order chi connectivity index (χ0) is 19.3. The highest BCUT2D eigenvalue weighted by atomic mass is 32.2. The lowest BCUT2D eigenvalue weighted by molar-refractivity contribution is -0.145. The smallest absolute Gasteiger partial charge is 0.326 e. The largest absolute Gasteiger partial charge is 0.493 e. The van der Waals surface area contributed by atoms with E-state index in [1.54, 1.807) is 31.4 Å². The first-order valence-electron chi connectivity index (χ1n) is 7.63. The summed E-state index contributed by atoms with van der Waals surface area (Å²) in [4.78, 5) is 25.9. The number of thiocarbonyl (C=S) groups is 1. The molecule has 1 aromatic rings. The van der Waals surface area contributed by atoms with Gasteiger partial charge in [-0.2, -0.15) is 11.8 Å². The van der Waals surface area contributed by atoms with Crippen molar-refractivity contribution >= 4 is 58.0 Å². The molecule has 9 heteroatoms. The summed E-state index contributed by atoms with van der Waals surface area (Å²) in [5, 5.41) is 9.48. The lowest BCUT2D eigenvalue weighted by Crippen LogP contribution is -2.44. The number of hydrogen-bond donors (Lipinski definition) is 1. The van der Waals surface area contributed by atoms with Crippen LogP contribution < -0.4 is 9.47 Å². The van der Waals surface area contributed by atoms with Crippen LogP contribution in [0.15, 0.2) is 23.1 Å². The van der Waals surface area contributed by atoms with Crippen molar-refractivity contribution in [2.45, 2.75) is 12.5 Å². The van der Waals surface area contributed by atoms with Crippen LogP contribution in [0.2, 0.25) is 0 Å². The highest BCUT2D eigenvalue weighted by molar-refractivity contribution is 8.26. The summed E-state index contributed by atoms with van der Waals surface area (Å²) in [6.07, 6.45) is 3.90. The van der Waals surface area contributed by atoms with Gasteiger partial charge in [0.1, 0.15) is 10.4 Å². The molecule has 26 heavy (non-hydrogen) atoms. The van der Waals surface area contributed by atoms with Crippen LogP contribution in [-0.2, 0) is 9.59 Å². The van der Waals surface area contributed by atoms with Gasteiger partial charge in [-0.3, -0.25) is 9.69 Å². The fourth-order valence-electron chi connectivity index (χ4n) is 2.43. The Bertz CT molecular complexity index is 750. The van der Waals surface area contributed by atoms with Crippen molar-refractivity contribution in [1.82, 2.24) is 4.90 Å². The summed E-state index contributed by atoms with van der Waals surface area (Å²) in [5.41, 5.74) is 0.735. The predicted molar refractivity (Wildman–Crippen MR) is 109 cm³/mol. The monoisotopic (exact) mass is 413 g/mol. The zero-order valence-electron chi connectivity index (χ0n) is 14.6. The van der Waals surface area contributed by atoms with Crippen LogP contribution in [0.4, 0.5) is 0 Å². The van der Waals surface area contributed by atoms with E-state index in [2.05, 4.69) is 0 Å². The Morgan fingerprint density at radius 3 is 2.65 bits per heavy atom. The maximum absolute atomic E-state index is 12.7. The molecule has 0 aliphatic carbocycles. The fourth-order valence-corrected chi connectivity index (χ4v) is 4.25. The molecule has 1 atom stereocenters. The Balaban J connectivity index is 2.29. The lowest BCUT2D eigenvalue weighted by Gasteiger charge is -2.22. The Morgan fingerprint density at radius 1 is 1.38 bits per heavy atom. The topological polar surface area (TPSA) is 76.1 Å². The van der Waals surface area contributed by atoms with E-state index in [9.17, 15) is 14.7 Å². The average molecular weight is 414 g/mol. The number of methoxy groups -OCH3 is 2. The molecule has 0 radical (unpaired) electrons. The van der Waals surface area contributed by atoms with Gasteiger partial charge in [0.05, 0.1) is 19.1 Å². The molecule has 1 aliphatic heterocycles. The van der Waals surface area contributed by atoms with Gasteiger partial charge >= 0.3 is 5.97 Å². The van der Waals surface area contributed by atoms with Crippen molar-refractivity contribution in [2.24, 2.45) is 0 Å². The third-order valence-electron chi connectivity index (χ3n) is 3.72. The van der Waals surface area contributed by atoms with Crippen LogP contribution >= 0.6 is 35.7 Å². The Labute approximate surface area is 165 Å². The van der Waals surface area contributed by atoms with E-state index in [1.807, 2.05) is 6.26 Å². The molecule has 140 valence electrons. The molecule has 0 saturated carbocycles. The molecule has 0 bridgehead atoms. The van der Waals surface area contributed by atoms with Gasteiger partial charge in [0.15, 0.2) is 11.5 Å². The Kier molecular flexibility index (Phi) is 7.36. The number of hydrogen-bond acceptors (Lipinski definition) is 7. The van der Waals surface area contributed by atoms with Gasteiger partial charge in [0.25, 0.3) is 5.91 Å². The van der Waals surface area contributed by atoms with Crippen molar-refractivity contribution in [3.63, 3.8) is 0 Å². The first kappa shape index (κ1) is 20.6. The van der Waals surface area contributed by atoms with Gasteiger partial charge in [-0.05, 0) is 42.2 Å². The number of carboxylic acid groups (broad SMARTS) is 1. The van der Waals surface area contributed by atoms with Crippen LogP contribution in [0.3, 0.4) is 0 Å². The van der Waals surface area contributed by atoms with Gasteiger partial charge in [-0.15, -0.1) is 0 Å². The third-order valence-corrected chi connectivity index (χ3v) is 5.70. The molecular weight excluding hydrogens is 394 g/mol. The van der Waals surface area contributed by atoms with E-state index in [0.717, 1.165) is 17.3 Å². The number of amides is 1. The number of carbonyl (C=O) groups is 2. The molecule has 0 unspecified atom stereocenters. The second-order valence-corrected chi connectivity index (χ2v) is 7.96. The highest BCUT2D eigenvalue weighted by Crippen LogP contribution is 2.36. The van der Waals surface area contributed by atoms with E-state index in [-0.39, 0.29) is 10.2 Å². The molecule has 1 amide bonds. The number of thioether (sulfide) groups is 2. The van der Waals surface area contributed by atoms with Crippen LogP contribution in [0.1, 0.15) is 12.0 Å². The molecule has 1 saturated heterocycles. The molecule has 0 spiro atoms. The minimum absolute atomic E-state index is 0.259. The molecule has 6 nitrogen and oxygen atoms in total. The molecule has 2 rings (SSSR count). The Hall–Kier alpha value is -1.71. The van der Waals surface area contributed by atoms with E-state index in [4.69, 9.17) is 21.7 Å². The molecule has 1 N–H and O–H groups in total.